The van der Waals surface area contributed by atoms with E-state index in [1.54, 1.807) is 0 Å². The lowest BCUT2D eigenvalue weighted by atomic mass is 9.88. The van der Waals surface area contributed by atoms with Crippen LogP contribution in [0.4, 0.5) is 0 Å². The lowest BCUT2D eigenvalue weighted by molar-refractivity contribution is 0.0840. The maximum Gasteiger partial charge on any atom is 0.259 e. The van der Waals surface area contributed by atoms with E-state index in [0.717, 1.165) is 40.9 Å². The Morgan fingerprint density at radius 3 is 2.65 bits per heavy atom. The summed E-state index contributed by atoms with van der Waals surface area (Å²) in [7, 11) is 0. The Morgan fingerprint density at radius 1 is 1.05 bits per heavy atom. The Balaban J connectivity index is 2.20. The summed E-state index contributed by atoms with van der Waals surface area (Å²) in [6.07, 6.45) is 2.76. The Kier molecular flexibility index (Phi) is 3.57. The van der Waals surface area contributed by atoms with Crippen molar-refractivity contribution < 1.29 is 9.59 Å². The van der Waals surface area contributed by atoms with Crippen molar-refractivity contribution in [1.82, 2.24) is 5.32 Å². The Hall–Kier alpha value is -1.68. The number of hydrogen-bond acceptors (Lipinski definition) is 2. The molecule has 1 heterocycles. The molecule has 0 aromatic heterocycles. The van der Waals surface area contributed by atoms with Gasteiger partial charge in [0.15, 0.2) is 0 Å². The lowest BCUT2D eigenvalue weighted by Gasteiger charge is -2.21. The van der Waals surface area contributed by atoms with Crippen molar-refractivity contribution in [3.63, 3.8) is 0 Å². The minimum absolute atomic E-state index is 0.270. The topological polar surface area (TPSA) is 46.2 Å². The maximum absolute atomic E-state index is 12.2. The fourth-order valence-electron chi connectivity index (χ4n) is 2.74. The number of alkyl halides is 1. The van der Waals surface area contributed by atoms with Crippen molar-refractivity contribution in [2.24, 2.45) is 0 Å². The highest BCUT2D eigenvalue weighted by atomic mass is 79.9. The molecule has 0 saturated heterocycles. The third kappa shape index (κ3) is 2.14. The van der Waals surface area contributed by atoms with Crippen LogP contribution in [0.25, 0.3) is 10.8 Å². The zero-order valence-corrected chi connectivity index (χ0v) is 12.5. The summed E-state index contributed by atoms with van der Waals surface area (Å²) in [5, 5.41) is 5.24. The quantitative estimate of drug-likeness (QED) is 0.530. The van der Waals surface area contributed by atoms with Crippen LogP contribution in [-0.2, 0) is 6.42 Å². The van der Waals surface area contributed by atoms with Crippen LogP contribution in [0.1, 0.15) is 39.1 Å². The van der Waals surface area contributed by atoms with E-state index >= 15 is 0 Å². The Morgan fingerprint density at radius 2 is 1.85 bits per heavy atom. The third-order valence-corrected chi connectivity index (χ3v) is 4.23. The molecule has 0 atom stereocenters. The molecule has 0 aliphatic carbocycles. The summed E-state index contributed by atoms with van der Waals surface area (Å²) in [6, 6.07) is 9.62. The van der Waals surface area contributed by atoms with Crippen LogP contribution in [-0.4, -0.2) is 17.1 Å². The van der Waals surface area contributed by atoms with E-state index in [9.17, 15) is 9.59 Å². The largest absolute Gasteiger partial charge is 0.288 e. The Labute approximate surface area is 125 Å². The lowest BCUT2D eigenvalue weighted by Crippen LogP contribution is -2.37. The van der Waals surface area contributed by atoms with Gasteiger partial charge in [0, 0.05) is 10.9 Å². The SMILES string of the molecule is O=C1NC(=O)c2c(CCCCBr)c1cc1ccccc21. The second-order valence-corrected chi connectivity index (χ2v) is 5.72. The van der Waals surface area contributed by atoms with Crippen LogP contribution in [0.3, 0.4) is 0 Å². The fourth-order valence-corrected chi connectivity index (χ4v) is 3.14. The summed E-state index contributed by atoms with van der Waals surface area (Å²) < 4.78 is 0. The number of nitrogens with one attached hydrogen (secondary N) is 1. The van der Waals surface area contributed by atoms with Crippen LogP contribution in [0.2, 0.25) is 0 Å². The number of carbonyl (C=O) groups is 2. The zero-order chi connectivity index (χ0) is 14.1. The standard InChI is InChI=1S/C16H14BrNO2/c17-8-4-3-7-12-13-9-10-5-1-2-6-11(10)14(12)16(20)18-15(13)19/h1-2,5-6,9H,3-4,7-8H2,(H,18,19,20). The number of hydrogen-bond donors (Lipinski definition) is 1. The highest BCUT2D eigenvalue weighted by molar-refractivity contribution is 9.09. The molecule has 2 amide bonds. The number of carbonyl (C=O) groups excluding carboxylic acids is 2. The van der Waals surface area contributed by atoms with E-state index in [4.69, 9.17) is 0 Å². The summed E-state index contributed by atoms with van der Waals surface area (Å²) in [5.74, 6) is -0.546. The smallest absolute Gasteiger partial charge is 0.259 e. The van der Waals surface area contributed by atoms with Gasteiger partial charge < -0.3 is 0 Å². The molecule has 4 heteroatoms. The van der Waals surface area contributed by atoms with Crippen molar-refractivity contribution in [3.8, 4) is 0 Å². The Bertz CT molecular complexity index is 709. The van der Waals surface area contributed by atoms with Crippen molar-refractivity contribution in [1.29, 1.82) is 0 Å². The van der Waals surface area contributed by atoms with Gasteiger partial charge in [-0.05, 0) is 41.7 Å². The summed E-state index contributed by atoms with van der Waals surface area (Å²) in [6.45, 7) is 0. The molecule has 20 heavy (non-hydrogen) atoms. The number of fused-ring (bicyclic) bond motifs is 4. The first-order chi connectivity index (χ1) is 9.72. The molecule has 2 aromatic carbocycles. The molecule has 1 aliphatic heterocycles. The predicted octanol–water partition coefficient (Wildman–Crippen LogP) is 3.44. The first kappa shape index (κ1) is 13.3. The molecule has 102 valence electrons. The van der Waals surface area contributed by atoms with E-state index in [-0.39, 0.29) is 11.8 Å². The zero-order valence-electron chi connectivity index (χ0n) is 10.9. The first-order valence-electron chi connectivity index (χ1n) is 6.68. The number of benzene rings is 2. The van der Waals surface area contributed by atoms with Crippen LogP contribution in [0.15, 0.2) is 30.3 Å². The van der Waals surface area contributed by atoms with E-state index in [2.05, 4.69) is 21.2 Å². The molecule has 0 saturated carbocycles. The summed E-state index contributed by atoms with van der Waals surface area (Å²) in [4.78, 5) is 24.2. The molecule has 0 spiro atoms. The second kappa shape index (κ2) is 5.37. The van der Waals surface area contributed by atoms with Crippen LogP contribution in [0, 0.1) is 0 Å². The average molecular weight is 332 g/mol. The normalized spacial score (nSPS) is 13.7. The van der Waals surface area contributed by atoms with Crippen LogP contribution >= 0.6 is 15.9 Å². The minimum atomic E-state index is -0.276. The summed E-state index contributed by atoms with van der Waals surface area (Å²) in [5.41, 5.74) is 2.22. The molecule has 1 N–H and O–H groups in total. The molecular formula is C16H14BrNO2. The molecule has 2 bridgehead atoms. The molecule has 1 aliphatic rings. The van der Waals surface area contributed by atoms with Crippen molar-refractivity contribution >= 4 is 38.5 Å². The number of amides is 2. The second-order valence-electron chi connectivity index (χ2n) is 4.93. The maximum atomic E-state index is 12.2. The molecular weight excluding hydrogens is 318 g/mol. The number of unbranched alkanes of at least 4 members (excludes halogenated alkanes) is 1. The summed E-state index contributed by atoms with van der Waals surface area (Å²) >= 11 is 3.41. The minimum Gasteiger partial charge on any atom is -0.288 e. The number of rotatable bonds is 4. The van der Waals surface area contributed by atoms with Gasteiger partial charge >= 0.3 is 0 Å². The van der Waals surface area contributed by atoms with Crippen LogP contribution in [0.5, 0.6) is 0 Å². The average Bonchev–Trinajstić information content (AvgIpc) is 2.44. The van der Waals surface area contributed by atoms with E-state index in [1.165, 1.54) is 0 Å². The molecule has 2 aromatic rings. The number of halogens is 1. The van der Waals surface area contributed by atoms with Gasteiger partial charge in [-0.3, -0.25) is 14.9 Å². The van der Waals surface area contributed by atoms with Gasteiger partial charge in [0.1, 0.15) is 0 Å². The van der Waals surface area contributed by atoms with Gasteiger partial charge in [0.25, 0.3) is 11.8 Å². The fraction of sp³-hybridized carbons (Fsp3) is 0.250. The predicted molar refractivity (Wildman–Crippen MR) is 82.5 cm³/mol. The highest BCUT2D eigenvalue weighted by Gasteiger charge is 2.28. The van der Waals surface area contributed by atoms with Crippen molar-refractivity contribution in [2.45, 2.75) is 19.3 Å². The van der Waals surface area contributed by atoms with Gasteiger partial charge in [-0.2, -0.15) is 0 Å². The van der Waals surface area contributed by atoms with E-state index in [1.807, 2.05) is 30.3 Å². The van der Waals surface area contributed by atoms with E-state index < -0.39 is 0 Å². The van der Waals surface area contributed by atoms with Gasteiger partial charge in [-0.1, -0.05) is 40.2 Å². The third-order valence-electron chi connectivity index (χ3n) is 3.67. The van der Waals surface area contributed by atoms with Crippen molar-refractivity contribution in [3.05, 3.63) is 47.0 Å². The van der Waals surface area contributed by atoms with Gasteiger partial charge in [-0.25, -0.2) is 0 Å². The number of imide groups is 1. The van der Waals surface area contributed by atoms with Crippen molar-refractivity contribution in [2.75, 3.05) is 5.33 Å². The first-order valence-corrected chi connectivity index (χ1v) is 7.81. The molecule has 3 rings (SSSR count). The van der Waals surface area contributed by atoms with Gasteiger partial charge in [0.05, 0.1) is 5.56 Å². The van der Waals surface area contributed by atoms with Gasteiger partial charge in [-0.15, -0.1) is 0 Å². The highest BCUT2D eigenvalue weighted by Crippen LogP contribution is 2.30. The van der Waals surface area contributed by atoms with Gasteiger partial charge in [0.2, 0.25) is 0 Å². The molecule has 3 nitrogen and oxygen atoms in total. The molecule has 0 fully saturated rings. The van der Waals surface area contributed by atoms with Crippen LogP contribution < -0.4 is 5.32 Å². The molecule has 0 unspecified atom stereocenters. The molecule has 0 radical (unpaired) electrons. The van der Waals surface area contributed by atoms with E-state index in [0.29, 0.717) is 11.1 Å². The monoisotopic (exact) mass is 331 g/mol.